The zero-order chi connectivity index (χ0) is 25.4. The van der Waals surface area contributed by atoms with E-state index in [1.165, 1.54) is 23.2 Å². The number of benzene rings is 2. The average molecular weight is 483 g/mol. The molecule has 0 N–H and O–H groups in total. The van der Waals surface area contributed by atoms with Gasteiger partial charge in [0.2, 0.25) is 11.8 Å². The van der Waals surface area contributed by atoms with Crippen molar-refractivity contribution in [3.63, 3.8) is 0 Å². The highest BCUT2D eigenvalue weighted by atomic mass is 19.1. The van der Waals surface area contributed by atoms with E-state index in [9.17, 15) is 18.4 Å². The molecule has 6 nitrogen and oxygen atoms in total. The van der Waals surface area contributed by atoms with Crippen molar-refractivity contribution in [1.82, 2.24) is 4.98 Å². The molecule has 0 unspecified atom stereocenters. The van der Waals surface area contributed by atoms with Crippen LogP contribution >= 0.6 is 0 Å². The van der Waals surface area contributed by atoms with Crippen molar-refractivity contribution in [1.29, 1.82) is 0 Å². The van der Waals surface area contributed by atoms with Crippen LogP contribution in [0.2, 0.25) is 0 Å². The number of halogens is 2. The Kier molecular flexibility index (Phi) is 8.89. The Balaban J connectivity index is 1.75. The quantitative estimate of drug-likeness (QED) is 0.288. The van der Waals surface area contributed by atoms with Crippen molar-refractivity contribution in [2.45, 2.75) is 39.2 Å². The molecule has 184 valence electrons. The molecule has 1 atom stereocenters. The largest absolute Gasteiger partial charge is 0.475 e. The van der Waals surface area contributed by atoms with Crippen LogP contribution in [0.25, 0.3) is 0 Å². The molecule has 0 aliphatic carbocycles. The Hall–Kier alpha value is -3.81. The number of pyridine rings is 1. The summed E-state index contributed by atoms with van der Waals surface area (Å²) in [4.78, 5) is 31.4. The molecule has 3 rings (SSSR count). The zero-order valence-corrected chi connectivity index (χ0v) is 19.9. The summed E-state index contributed by atoms with van der Waals surface area (Å²) in [6.07, 6.45) is 1.61. The van der Waals surface area contributed by atoms with Gasteiger partial charge in [-0.15, -0.1) is 0 Å². The maximum Gasteiger partial charge on any atom is 0.311 e. The molecule has 0 spiro atoms. The minimum atomic E-state index is -0.729. The molecule has 8 heteroatoms. The van der Waals surface area contributed by atoms with Crippen LogP contribution in [0.15, 0.2) is 66.9 Å². The Morgan fingerprint density at radius 2 is 1.69 bits per heavy atom. The molecule has 0 aliphatic heterocycles. The predicted octanol–water partition coefficient (Wildman–Crippen LogP) is 5.35. The molecule has 1 amide bonds. The monoisotopic (exact) mass is 482 g/mol. The second kappa shape index (κ2) is 12.1. The van der Waals surface area contributed by atoms with E-state index < -0.39 is 23.5 Å². The summed E-state index contributed by atoms with van der Waals surface area (Å²) in [6, 6.07) is 15.1. The lowest BCUT2D eigenvalue weighted by Crippen LogP contribution is -2.34. The molecule has 0 aliphatic rings. The van der Waals surface area contributed by atoms with Gasteiger partial charge in [0.15, 0.2) is 0 Å². The molecule has 1 aromatic heterocycles. The van der Waals surface area contributed by atoms with Crippen LogP contribution in [0.3, 0.4) is 0 Å². The molecule has 0 radical (unpaired) electrons. The van der Waals surface area contributed by atoms with E-state index in [1.54, 1.807) is 49.5 Å². The fraction of sp³-hybridized carbons (Fsp3) is 0.296. The fourth-order valence-corrected chi connectivity index (χ4v) is 3.57. The summed E-state index contributed by atoms with van der Waals surface area (Å²) in [7, 11) is 1.59. The van der Waals surface area contributed by atoms with Crippen LogP contribution in [-0.4, -0.2) is 30.0 Å². The highest BCUT2D eigenvalue weighted by molar-refractivity contribution is 5.94. The number of rotatable bonds is 10. The number of anilines is 1. The van der Waals surface area contributed by atoms with Crippen LogP contribution < -0.4 is 14.4 Å². The first kappa shape index (κ1) is 25.8. The number of hydrogen-bond acceptors (Lipinski definition) is 5. The topological polar surface area (TPSA) is 68.7 Å². The Morgan fingerprint density at radius 3 is 2.29 bits per heavy atom. The van der Waals surface area contributed by atoms with E-state index in [-0.39, 0.29) is 31.3 Å². The maximum atomic E-state index is 13.8. The number of amides is 1. The van der Waals surface area contributed by atoms with E-state index in [1.807, 2.05) is 13.8 Å². The molecule has 0 saturated carbocycles. The third kappa shape index (κ3) is 7.88. The summed E-state index contributed by atoms with van der Waals surface area (Å²) in [5.41, 5.74) is 0.845. The minimum Gasteiger partial charge on any atom is -0.475 e. The van der Waals surface area contributed by atoms with Gasteiger partial charge < -0.3 is 14.4 Å². The van der Waals surface area contributed by atoms with Crippen molar-refractivity contribution >= 4 is 17.6 Å². The number of carbonyl (C=O) groups is 2. The van der Waals surface area contributed by atoms with Gasteiger partial charge in [-0.1, -0.05) is 18.2 Å². The standard InChI is InChI=1S/C27H28F2N2O4/c1-18(2)34-25-11-10-23(17-30-25)31(3)27(33)20(13-19-14-21(28)16-22(29)15-19)9-12-26(32)35-24-7-5-4-6-8-24/h4-8,10-11,14-18,20H,9,12-13H2,1-3H3/t20-/m0/s1. The second-order valence-electron chi connectivity index (χ2n) is 8.42. The first-order chi connectivity index (χ1) is 16.7. The van der Waals surface area contributed by atoms with Crippen molar-refractivity contribution < 1.29 is 27.8 Å². The number of aromatic nitrogens is 1. The Labute approximate surface area is 203 Å². The van der Waals surface area contributed by atoms with Crippen LogP contribution in [0.4, 0.5) is 14.5 Å². The van der Waals surface area contributed by atoms with Gasteiger partial charge in [0.1, 0.15) is 17.4 Å². The van der Waals surface area contributed by atoms with E-state index in [0.29, 0.717) is 22.9 Å². The summed E-state index contributed by atoms with van der Waals surface area (Å²) >= 11 is 0. The molecule has 35 heavy (non-hydrogen) atoms. The number of ether oxygens (including phenoxy) is 2. The first-order valence-corrected chi connectivity index (χ1v) is 11.3. The van der Waals surface area contributed by atoms with Crippen LogP contribution in [-0.2, 0) is 16.0 Å². The number of nitrogens with zero attached hydrogens (tertiary/aromatic N) is 2. The minimum absolute atomic E-state index is 0.0422. The third-order valence-corrected chi connectivity index (χ3v) is 5.22. The van der Waals surface area contributed by atoms with Gasteiger partial charge in [-0.05, 0) is 62.6 Å². The summed E-state index contributed by atoms with van der Waals surface area (Å²) in [5, 5.41) is 0. The lowest BCUT2D eigenvalue weighted by atomic mass is 9.93. The molecule has 3 aromatic rings. The van der Waals surface area contributed by atoms with E-state index in [2.05, 4.69) is 4.98 Å². The number of esters is 1. The Morgan fingerprint density at radius 1 is 1.00 bits per heavy atom. The average Bonchev–Trinajstić information content (AvgIpc) is 2.81. The molecule has 0 bridgehead atoms. The SMILES string of the molecule is CC(C)Oc1ccc(N(C)C(=O)[C@@H](CCC(=O)Oc2ccccc2)Cc2cc(F)cc(F)c2)cn1. The lowest BCUT2D eigenvalue weighted by Gasteiger charge is -2.24. The highest BCUT2D eigenvalue weighted by Gasteiger charge is 2.25. The smallest absolute Gasteiger partial charge is 0.311 e. The number of hydrogen-bond donors (Lipinski definition) is 0. The van der Waals surface area contributed by atoms with Crippen molar-refractivity contribution in [2.24, 2.45) is 5.92 Å². The van der Waals surface area contributed by atoms with Crippen LogP contribution in [0.5, 0.6) is 11.6 Å². The summed E-state index contributed by atoms with van der Waals surface area (Å²) in [5.74, 6) is -2.17. The van der Waals surface area contributed by atoms with Gasteiger partial charge in [0, 0.05) is 31.5 Å². The summed E-state index contributed by atoms with van der Waals surface area (Å²) < 4.78 is 38.4. The molecule has 2 aromatic carbocycles. The van der Waals surface area contributed by atoms with E-state index in [0.717, 1.165) is 6.07 Å². The normalized spacial score (nSPS) is 11.7. The van der Waals surface area contributed by atoms with Crippen molar-refractivity contribution in [3.05, 3.63) is 84.1 Å². The van der Waals surface area contributed by atoms with Gasteiger partial charge in [-0.2, -0.15) is 0 Å². The van der Waals surface area contributed by atoms with E-state index in [4.69, 9.17) is 9.47 Å². The van der Waals surface area contributed by atoms with Crippen LogP contribution in [0, 0.1) is 17.6 Å². The van der Waals surface area contributed by atoms with Gasteiger partial charge in [0.25, 0.3) is 0 Å². The maximum absolute atomic E-state index is 13.8. The molecule has 0 fully saturated rings. The summed E-state index contributed by atoms with van der Waals surface area (Å²) in [6.45, 7) is 3.77. The Bertz CT molecular complexity index is 1120. The molecule has 1 heterocycles. The number of carbonyl (C=O) groups excluding carboxylic acids is 2. The van der Waals surface area contributed by atoms with Crippen molar-refractivity contribution in [3.8, 4) is 11.6 Å². The van der Waals surface area contributed by atoms with Crippen molar-refractivity contribution in [2.75, 3.05) is 11.9 Å². The van der Waals surface area contributed by atoms with E-state index >= 15 is 0 Å². The highest BCUT2D eigenvalue weighted by Crippen LogP contribution is 2.23. The predicted molar refractivity (Wildman–Crippen MR) is 128 cm³/mol. The molecular weight excluding hydrogens is 454 g/mol. The fourth-order valence-electron chi connectivity index (χ4n) is 3.57. The lowest BCUT2D eigenvalue weighted by molar-refractivity contribution is -0.135. The third-order valence-electron chi connectivity index (χ3n) is 5.22. The number of para-hydroxylation sites is 1. The molecule has 0 saturated heterocycles. The van der Waals surface area contributed by atoms with Gasteiger partial charge in [-0.3, -0.25) is 9.59 Å². The molecular formula is C27H28F2N2O4. The first-order valence-electron chi connectivity index (χ1n) is 11.3. The second-order valence-corrected chi connectivity index (χ2v) is 8.42. The zero-order valence-electron chi connectivity index (χ0n) is 19.9. The van der Waals surface area contributed by atoms with Gasteiger partial charge in [-0.25, -0.2) is 13.8 Å². The van der Waals surface area contributed by atoms with Gasteiger partial charge >= 0.3 is 5.97 Å². The van der Waals surface area contributed by atoms with Crippen LogP contribution in [0.1, 0.15) is 32.3 Å². The van der Waals surface area contributed by atoms with Gasteiger partial charge in [0.05, 0.1) is 18.0 Å².